The molecule has 0 unspecified atom stereocenters. The predicted octanol–water partition coefficient (Wildman–Crippen LogP) is 4.22. The number of hydrogen-bond acceptors (Lipinski definition) is 5. The standard InChI is InChI=1S/C16H12FN3O2S2/c1-9(21)18-13-6-11(2-3-12(13)17)19-15(22)14-8-24-16(20-14)10-4-5-23-7-10/h2-8H,1H3,(H,18,21)(H,19,22). The van der Waals surface area contributed by atoms with E-state index in [-0.39, 0.29) is 11.4 Å². The molecule has 0 bridgehead atoms. The first-order valence-electron chi connectivity index (χ1n) is 6.89. The fraction of sp³-hybridized carbons (Fsp3) is 0.0625. The van der Waals surface area contributed by atoms with Crippen LogP contribution in [0.4, 0.5) is 15.8 Å². The summed E-state index contributed by atoms with van der Waals surface area (Å²) in [6, 6.07) is 5.90. The Morgan fingerprint density at radius 2 is 2.00 bits per heavy atom. The van der Waals surface area contributed by atoms with Crippen LogP contribution in [0.15, 0.2) is 40.4 Å². The third kappa shape index (κ3) is 3.66. The van der Waals surface area contributed by atoms with E-state index < -0.39 is 17.6 Å². The fourth-order valence-corrected chi connectivity index (χ4v) is 3.49. The summed E-state index contributed by atoms with van der Waals surface area (Å²) in [5.74, 6) is -1.36. The van der Waals surface area contributed by atoms with Crippen LogP contribution in [-0.2, 0) is 4.79 Å². The molecule has 122 valence electrons. The van der Waals surface area contributed by atoms with Gasteiger partial charge in [-0.05, 0) is 29.6 Å². The number of halogens is 1. The number of thiophene rings is 1. The number of hydrogen-bond donors (Lipinski definition) is 2. The summed E-state index contributed by atoms with van der Waals surface area (Å²) in [6.07, 6.45) is 0. The first kappa shape index (κ1) is 16.3. The van der Waals surface area contributed by atoms with E-state index in [9.17, 15) is 14.0 Å². The van der Waals surface area contributed by atoms with Gasteiger partial charge in [-0.25, -0.2) is 9.37 Å². The maximum Gasteiger partial charge on any atom is 0.275 e. The Morgan fingerprint density at radius 3 is 2.71 bits per heavy atom. The van der Waals surface area contributed by atoms with Gasteiger partial charge in [-0.3, -0.25) is 9.59 Å². The molecule has 3 aromatic rings. The molecule has 2 N–H and O–H groups in total. The van der Waals surface area contributed by atoms with E-state index in [4.69, 9.17) is 0 Å². The van der Waals surface area contributed by atoms with Crippen LogP contribution in [0, 0.1) is 5.82 Å². The smallest absolute Gasteiger partial charge is 0.275 e. The molecule has 1 aromatic carbocycles. The van der Waals surface area contributed by atoms with E-state index in [0.717, 1.165) is 10.6 Å². The number of aromatic nitrogens is 1. The second kappa shape index (κ2) is 6.90. The van der Waals surface area contributed by atoms with Gasteiger partial charge >= 0.3 is 0 Å². The highest BCUT2D eigenvalue weighted by atomic mass is 32.1. The van der Waals surface area contributed by atoms with Gasteiger partial charge < -0.3 is 10.6 Å². The Bertz CT molecular complexity index is 891. The lowest BCUT2D eigenvalue weighted by Gasteiger charge is -2.08. The van der Waals surface area contributed by atoms with Crippen molar-refractivity contribution < 1.29 is 14.0 Å². The minimum absolute atomic E-state index is 0.0116. The monoisotopic (exact) mass is 361 g/mol. The second-order valence-corrected chi connectivity index (χ2v) is 6.52. The maximum absolute atomic E-state index is 13.6. The van der Waals surface area contributed by atoms with Crippen LogP contribution >= 0.6 is 22.7 Å². The van der Waals surface area contributed by atoms with E-state index in [1.54, 1.807) is 16.7 Å². The molecule has 0 radical (unpaired) electrons. The van der Waals surface area contributed by atoms with Crippen molar-refractivity contribution in [3.05, 3.63) is 51.9 Å². The number of carbonyl (C=O) groups is 2. The number of anilines is 2. The summed E-state index contributed by atoms with van der Waals surface area (Å²) in [5.41, 5.74) is 1.64. The van der Waals surface area contributed by atoms with Crippen molar-refractivity contribution in [2.24, 2.45) is 0 Å². The van der Waals surface area contributed by atoms with Crippen LogP contribution in [-0.4, -0.2) is 16.8 Å². The van der Waals surface area contributed by atoms with Crippen molar-refractivity contribution >= 4 is 45.9 Å². The van der Waals surface area contributed by atoms with Crippen molar-refractivity contribution in [3.63, 3.8) is 0 Å². The van der Waals surface area contributed by atoms with Gasteiger partial charge in [0, 0.05) is 28.9 Å². The van der Waals surface area contributed by atoms with Gasteiger partial charge in [0.1, 0.15) is 16.5 Å². The van der Waals surface area contributed by atoms with Crippen molar-refractivity contribution in [2.45, 2.75) is 6.92 Å². The van der Waals surface area contributed by atoms with Crippen LogP contribution < -0.4 is 10.6 Å². The van der Waals surface area contributed by atoms with Crippen LogP contribution in [0.1, 0.15) is 17.4 Å². The zero-order valence-corrected chi connectivity index (χ0v) is 14.1. The topological polar surface area (TPSA) is 71.1 Å². The van der Waals surface area contributed by atoms with Crippen molar-refractivity contribution in [3.8, 4) is 10.6 Å². The Labute approximate surface area is 145 Å². The summed E-state index contributed by atoms with van der Waals surface area (Å²) in [5, 5.41) is 11.4. The molecule has 0 aliphatic rings. The molecule has 5 nitrogen and oxygen atoms in total. The Kier molecular flexibility index (Phi) is 4.68. The molecule has 0 aliphatic heterocycles. The van der Waals surface area contributed by atoms with Crippen LogP contribution in [0.5, 0.6) is 0 Å². The number of nitrogens with one attached hydrogen (secondary N) is 2. The predicted molar refractivity (Wildman–Crippen MR) is 94.1 cm³/mol. The lowest BCUT2D eigenvalue weighted by Crippen LogP contribution is -2.13. The van der Waals surface area contributed by atoms with Gasteiger partial charge in [0.15, 0.2) is 0 Å². The van der Waals surface area contributed by atoms with Gasteiger partial charge in [0.05, 0.1) is 5.69 Å². The number of benzene rings is 1. The molecule has 2 amide bonds. The highest BCUT2D eigenvalue weighted by Crippen LogP contribution is 2.26. The van der Waals surface area contributed by atoms with E-state index in [1.165, 1.54) is 36.5 Å². The SMILES string of the molecule is CC(=O)Nc1cc(NC(=O)c2csc(-c3ccsc3)n2)ccc1F. The van der Waals surface area contributed by atoms with Gasteiger partial charge in [-0.15, -0.1) is 11.3 Å². The van der Waals surface area contributed by atoms with Crippen molar-refractivity contribution in [1.82, 2.24) is 4.98 Å². The second-order valence-electron chi connectivity index (χ2n) is 4.88. The zero-order chi connectivity index (χ0) is 17.1. The van der Waals surface area contributed by atoms with Gasteiger partial charge in [-0.1, -0.05) is 0 Å². The minimum Gasteiger partial charge on any atom is -0.324 e. The molecule has 8 heteroatoms. The lowest BCUT2D eigenvalue weighted by atomic mass is 10.2. The Hall–Kier alpha value is -2.58. The summed E-state index contributed by atoms with van der Waals surface area (Å²) in [7, 11) is 0. The number of carbonyl (C=O) groups excluding carboxylic acids is 2. The van der Waals surface area contributed by atoms with Gasteiger partial charge in [0.2, 0.25) is 5.91 Å². The van der Waals surface area contributed by atoms with E-state index in [1.807, 2.05) is 16.8 Å². The summed E-state index contributed by atoms with van der Waals surface area (Å²) >= 11 is 2.94. The fourth-order valence-electron chi connectivity index (χ4n) is 1.98. The molecule has 2 heterocycles. The lowest BCUT2D eigenvalue weighted by molar-refractivity contribution is -0.114. The molecule has 0 fully saturated rings. The number of amides is 2. The highest BCUT2D eigenvalue weighted by molar-refractivity contribution is 7.14. The van der Waals surface area contributed by atoms with Crippen LogP contribution in [0.25, 0.3) is 10.6 Å². The first-order valence-corrected chi connectivity index (χ1v) is 8.72. The van der Waals surface area contributed by atoms with Crippen molar-refractivity contribution in [1.29, 1.82) is 0 Å². The van der Waals surface area contributed by atoms with E-state index >= 15 is 0 Å². The molecular weight excluding hydrogens is 349 g/mol. The summed E-state index contributed by atoms with van der Waals surface area (Å²) < 4.78 is 13.6. The Balaban J connectivity index is 1.76. The van der Waals surface area contributed by atoms with E-state index in [2.05, 4.69) is 15.6 Å². The van der Waals surface area contributed by atoms with Gasteiger partial charge in [0.25, 0.3) is 5.91 Å². The van der Waals surface area contributed by atoms with E-state index in [0.29, 0.717) is 5.69 Å². The third-order valence-electron chi connectivity index (χ3n) is 3.04. The first-order chi connectivity index (χ1) is 11.5. The summed E-state index contributed by atoms with van der Waals surface area (Å²) in [6.45, 7) is 1.28. The number of thiazole rings is 1. The average Bonchev–Trinajstić information content (AvgIpc) is 3.20. The Morgan fingerprint density at radius 1 is 1.17 bits per heavy atom. The largest absolute Gasteiger partial charge is 0.324 e. The molecule has 0 saturated heterocycles. The zero-order valence-electron chi connectivity index (χ0n) is 12.5. The number of nitrogens with zero attached hydrogens (tertiary/aromatic N) is 1. The molecule has 3 rings (SSSR count). The molecule has 0 atom stereocenters. The molecule has 2 aromatic heterocycles. The molecular formula is C16H12FN3O2S2. The molecule has 24 heavy (non-hydrogen) atoms. The van der Waals surface area contributed by atoms with Crippen molar-refractivity contribution in [2.75, 3.05) is 10.6 Å². The normalized spacial score (nSPS) is 10.4. The molecule has 0 saturated carbocycles. The molecule has 0 spiro atoms. The molecule has 0 aliphatic carbocycles. The highest BCUT2D eigenvalue weighted by Gasteiger charge is 2.13. The average molecular weight is 361 g/mol. The summed E-state index contributed by atoms with van der Waals surface area (Å²) in [4.78, 5) is 27.6. The van der Waals surface area contributed by atoms with Crippen LogP contribution in [0.2, 0.25) is 0 Å². The maximum atomic E-state index is 13.6. The third-order valence-corrected chi connectivity index (χ3v) is 4.61. The van der Waals surface area contributed by atoms with Crippen LogP contribution in [0.3, 0.4) is 0 Å². The minimum atomic E-state index is -0.573. The number of rotatable bonds is 4. The quantitative estimate of drug-likeness (QED) is 0.731. The van der Waals surface area contributed by atoms with Gasteiger partial charge in [-0.2, -0.15) is 11.3 Å².